The summed E-state index contributed by atoms with van der Waals surface area (Å²) in [5.74, 6) is 0.935. The number of rotatable bonds is 6. The van der Waals surface area contributed by atoms with Crippen molar-refractivity contribution in [1.82, 2.24) is 20.3 Å². The summed E-state index contributed by atoms with van der Waals surface area (Å²) >= 11 is 6.25. The number of nitrogens with one attached hydrogen (secondary N) is 3. The van der Waals surface area contributed by atoms with Gasteiger partial charge in [-0.25, -0.2) is 9.97 Å². The molecule has 2 fully saturated rings. The Morgan fingerprint density at radius 2 is 1.71 bits per heavy atom. The Balaban J connectivity index is 1.33. The third-order valence-corrected chi connectivity index (χ3v) is 6.53. The highest BCUT2D eigenvalue weighted by Gasteiger charge is 2.32. The number of ketones is 1. The van der Waals surface area contributed by atoms with Crippen LogP contribution in [0, 0.1) is 5.92 Å². The van der Waals surface area contributed by atoms with Crippen molar-refractivity contribution in [2.45, 2.75) is 50.6 Å². The zero-order valence-corrected chi connectivity index (χ0v) is 17.8. The van der Waals surface area contributed by atoms with Crippen molar-refractivity contribution in [2.75, 3.05) is 5.32 Å². The topological polar surface area (TPSA) is 99.8 Å². The summed E-state index contributed by atoms with van der Waals surface area (Å²) in [5, 5.41) is 7.79. The average molecular weight is 438 g/mol. The van der Waals surface area contributed by atoms with Crippen LogP contribution in [0.1, 0.15) is 54.4 Å². The van der Waals surface area contributed by atoms with Gasteiger partial charge in [0.2, 0.25) is 5.91 Å². The van der Waals surface area contributed by atoms with Gasteiger partial charge in [-0.05, 0) is 50.7 Å². The third kappa shape index (κ3) is 4.14. The first-order valence-corrected chi connectivity index (χ1v) is 11.2. The molecule has 0 saturated heterocycles. The molecular formula is C23H24ClN5O2. The zero-order chi connectivity index (χ0) is 21.4. The Morgan fingerprint density at radius 1 is 0.968 bits per heavy atom. The number of fused-ring (bicyclic) bond motifs is 1. The second kappa shape index (κ2) is 8.30. The molecule has 0 atom stereocenters. The number of aromatic nitrogens is 3. The smallest absolute Gasteiger partial charge is 0.223 e. The molecule has 8 heteroatoms. The van der Waals surface area contributed by atoms with E-state index in [0.29, 0.717) is 33.0 Å². The highest BCUT2D eigenvalue weighted by atomic mass is 35.5. The fourth-order valence-electron chi connectivity index (χ4n) is 4.28. The van der Waals surface area contributed by atoms with Crippen molar-refractivity contribution < 1.29 is 9.59 Å². The van der Waals surface area contributed by atoms with E-state index in [1.54, 1.807) is 30.5 Å². The quantitative estimate of drug-likeness (QED) is 0.504. The number of carbonyl (C=O) groups excluding carboxylic acids is 2. The highest BCUT2D eigenvalue weighted by molar-refractivity contribution is 6.35. The van der Waals surface area contributed by atoms with E-state index in [4.69, 9.17) is 11.6 Å². The molecule has 160 valence electrons. The van der Waals surface area contributed by atoms with Crippen LogP contribution in [0.25, 0.3) is 11.0 Å². The van der Waals surface area contributed by atoms with E-state index in [9.17, 15) is 9.59 Å². The van der Waals surface area contributed by atoms with Crippen LogP contribution in [-0.4, -0.2) is 38.7 Å². The second-order valence-corrected chi connectivity index (χ2v) is 8.84. The first-order chi connectivity index (χ1) is 15.1. The largest absolute Gasteiger partial charge is 0.367 e. The lowest BCUT2D eigenvalue weighted by molar-refractivity contribution is -0.123. The maximum atomic E-state index is 13.2. The van der Waals surface area contributed by atoms with Crippen molar-refractivity contribution in [2.24, 2.45) is 5.92 Å². The number of hydrogen-bond acceptors (Lipinski definition) is 5. The molecule has 2 heterocycles. The molecule has 2 aliphatic rings. The molecular weight excluding hydrogens is 414 g/mol. The van der Waals surface area contributed by atoms with Crippen LogP contribution in [0.4, 0.5) is 5.82 Å². The highest BCUT2D eigenvalue weighted by Crippen LogP contribution is 2.31. The molecule has 0 aliphatic heterocycles. The second-order valence-electron chi connectivity index (χ2n) is 8.43. The summed E-state index contributed by atoms with van der Waals surface area (Å²) in [4.78, 5) is 37.0. The van der Waals surface area contributed by atoms with Gasteiger partial charge in [0.05, 0.1) is 16.0 Å². The van der Waals surface area contributed by atoms with Crippen molar-refractivity contribution in [3.63, 3.8) is 0 Å². The Morgan fingerprint density at radius 3 is 2.45 bits per heavy atom. The molecule has 0 unspecified atom stereocenters. The molecule has 2 aliphatic carbocycles. The van der Waals surface area contributed by atoms with E-state index in [0.717, 1.165) is 38.5 Å². The van der Waals surface area contributed by atoms with Gasteiger partial charge < -0.3 is 15.6 Å². The molecule has 0 spiro atoms. The Kier molecular flexibility index (Phi) is 5.36. The fourth-order valence-corrected chi connectivity index (χ4v) is 4.50. The van der Waals surface area contributed by atoms with Crippen LogP contribution in [0.3, 0.4) is 0 Å². The normalized spacial score (nSPS) is 21.1. The van der Waals surface area contributed by atoms with E-state index in [2.05, 4.69) is 25.6 Å². The number of halogens is 1. The van der Waals surface area contributed by atoms with Crippen molar-refractivity contribution in [1.29, 1.82) is 0 Å². The van der Waals surface area contributed by atoms with Gasteiger partial charge in [0.15, 0.2) is 5.78 Å². The van der Waals surface area contributed by atoms with E-state index in [-0.39, 0.29) is 29.7 Å². The van der Waals surface area contributed by atoms with E-state index >= 15 is 0 Å². The molecule has 3 N–H and O–H groups in total. The molecule has 31 heavy (non-hydrogen) atoms. The van der Waals surface area contributed by atoms with Gasteiger partial charge in [0.25, 0.3) is 0 Å². The molecule has 2 aromatic heterocycles. The predicted molar refractivity (Wildman–Crippen MR) is 119 cm³/mol. The SMILES string of the molecule is O=C(c1ccccc1Cl)c1c[nH]c2ncnc(N[C@H]3CC[C@@H](NC(=O)C4CC4)CC3)c12. The van der Waals surface area contributed by atoms with Gasteiger partial charge in [-0.1, -0.05) is 23.7 Å². The van der Waals surface area contributed by atoms with E-state index in [1.165, 1.54) is 6.33 Å². The first kappa shape index (κ1) is 20.0. The molecule has 1 amide bonds. The van der Waals surface area contributed by atoms with E-state index < -0.39 is 0 Å². The monoisotopic (exact) mass is 437 g/mol. The van der Waals surface area contributed by atoms with Crippen LogP contribution in [0.15, 0.2) is 36.8 Å². The van der Waals surface area contributed by atoms with Gasteiger partial charge in [-0.2, -0.15) is 0 Å². The summed E-state index contributed by atoms with van der Waals surface area (Å²) in [6.07, 6.45) is 8.94. The lowest BCUT2D eigenvalue weighted by Crippen LogP contribution is -2.40. The minimum absolute atomic E-state index is 0.166. The summed E-state index contributed by atoms with van der Waals surface area (Å²) in [7, 11) is 0. The lowest BCUT2D eigenvalue weighted by Gasteiger charge is -2.30. The predicted octanol–water partition coefficient (Wildman–Crippen LogP) is 4.09. The maximum Gasteiger partial charge on any atom is 0.223 e. The Hall–Kier alpha value is -2.93. The molecule has 1 aromatic carbocycles. The number of aromatic amines is 1. The van der Waals surface area contributed by atoms with Crippen LogP contribution in [0.2, 0.25) is 5.02 Å². The maximum absolute atomic E-state index is 13.2. The third-order valence-electron chi connectivity index (χ3n) is 6.20. The van der Waals surface area contributed by atoms with E-state index in [1.807, 2.05) is 0 Å². The number of nitrogens with zero attached hydrogens (tertiary/aromatic N) is 2. The standard InChI is InChI=1S/C23H24ClN5O2/c24-18-4-2-1-3-16(18)20(30)17-11-25-21-19(17)22(27-12-26-21)28-14-7-9-15(10-8-14)29-23(31)13-5-6-13/h1-4,11-15H,5-10H2,(H,29,31)(H2,25,26,27,28)/t14-,15+. The van der Waals surface area contributed by atoms with Crippen molar-refractivity contribution in [3.8, 4) is 0 Å². The van der Waals surface area contributed by atoms with Crippen LogP contribution < -0.4 is 10.6 Å². The average Bonchev–Trinajstić information content (AvgIpc) is 3.54. The minimum atomic E-state index is -0.166. The summed E-state index contributed by atoms with van der Waals surface area (Å²) in [6, 6.07) is 7.50. The van der Waals surface area contributed by atoms with Gasteiger partial charge >= 0.3 is 0 Å². The minimum Gasteiger partial charge on any atom is -0.367 e. The molecule has 7 nitrogen and oxygen atoms in total. The van der Waals surface area contributed by atoms with Crippen LogP contribution in [-0.2, 0) is 4.79 Å². The van der Waals surface area contributed by atoms with Crippen LogP contribution >= 0.6 is 11.6 Å². The number of hydrogen-bond donors (Lipinski definition) is 3. The molecule has 5 rings (SSSR count). The Labute approximate surface area is 185 Å². The number of anilines is 1. The van der Waals surface area contributed by atoms with Crippen molar-refractivity contribution >= 4 is 40.1 Å². The van der Waals surface area contributed by atoms with Gasteiger partial charge in [-0.3, -0.25) is 9.59 Å². The number of carbonyl (C=O) groups is 2. The zero-order valence-electron chi connectivity index (χ0n) is 17.0. The summed E-state index contributed by atoms with van der Waals surface area (Å²) < 4.78 is 0. The molecule has 2 saturated carbocycles. The van der Waals surface area contributed by atoms with Gasteiger partial charge in [0.1, 0.15) is 17.8 Å². The Bertz CT molecular complexity index is 1130. The van der Waals surface area contributed by atoms with Crippen molar-refractivity contribution in [3.05, 3.63) is 52.9 Å². The fraction of sp³-hybridized carbons (Fsp3) is 0.391. The molecule has 0 bridgehead atoms. The van der Waals surface area contributed by atoms with Gasteiger partial charge in [0, 0.05) is 29.8 Å². The molecule has 0 radical (unpaired) electrons. The van der Waals surface area contributed by atoms with Crippen LogP contribution in [0.5, 0.6) is 0 Å². The summed E-state index contributed by atoms with van der Waals surface area (Å²) in [5.41, 5.74) is 1.56. The molecule has 3 aromatic rings. The first-order valence-electron chi connectivity index (χ1n) is 10.8. The summed E-state index contributed by atoms with van der Waals surface area (Å²) in [6.45, 7) is 0. The lowest BCUT2D eigenvalue weighted by atomic mass is 9.91. The number of H-pyrrole nitrogens is 1. The number of benzene rings is 1. The number of amides is 1. The van der Waals surface area contributed by atoms with Gasteiger partial charge in [-0.15, -0.1) is 0 Å².